The number of anilines is 1. The van der Waals surface area contributed by atoms with Gasteiger partial charge in [0.05, 0.1) is 0 Å². The van der Waals surface area contributed by atoms with Gasteiger partial charge in [-0.15, -0.1) is 11.3 Å². The first-order valence-corrected chi connectivity index (χ1v) is 7.60. The Hall–Kier alpha value is -2.21. The normalized spacial score (nSPS) is 13.7. The van der Waals surface area contributed by atoms with Crippen molar-refractivity contribution in [2.45, 2.75) is 19.9 Å². The lowest BCUT2D eigenvalue weighted by molar-refractivity contribution is -0.114. The van der Waals surface area contributed by atoms with Crippen LogP contribution in [0.4, 0.5) is 5.13 Å². The molecule has 0 saturated carbocycles. The van der Waals surface area contributed by atoms with Gasteiger partial charge in [0.2, 0.25) is 5.91 Å². The molecule has 1 N–H and O–H groups in total. The van der Waals surface area contributed by atoms with Crippen molar-refractivity contribution in [2.24, 2.45) is 0 Å². The van der Waals surface area contributed by atoms with E-state index in [9.17, 15) is 9.59 Å². The van der Waals surface area contributed by atoms with E-state index in [1.807, 2.05) is 12.1 Å². The van der Waals surface area contributed by atoms with Crippen LogP contribution in [-0.2, 0) is 17.8 Å². The summed E-state index contributed by atoms with van der Waals surface area (Å²) in [4.78, 5) is 29.4. The fourth-order valence-corrected chi connectivity index (χ4v) is 3.14. The molecule has 0 spiro atoms. The van der Waals surface area contributed by atoms with Crippen molar-refractivity contribution in [1.82, 2.24) is 9.88 Å². The highest BCUT2D eigenvalue weighted by Crippen LogP contribution is 2.22. The third kappa shape index (κ3) is 2.95. The summed E-state index contributed by atoms with van der Waals surface area (Å²) in [6.45, 7) is 2.73. The SMILES string of the molecule is CC(=O)Nc1nc(C(=O)N2CCc3ccccc3C2)cs1. The molecule has 5 nitrogen and oxygen atoms in total. The van der Waals surface area contributed by atoms with Gasteiger partial charge in [0.15, 0.2) is 5.13 Å². The minimum atomic E-state index is -0.185. The molecule has 0 unspecified atom stereocenters. The van der Waals surface area contributed by atoms with Gasteiger partial charge in [-0.05, 0) is 17.5 Å². The van der Waals surface area contributed by atoms with Crippen molar-refractivity contribution in [3.05, 3.63) is 46.5 Å². The first-order chi connectivity index (χ1) is 10.1. The molecule has 21 heavy (non-hydrogen) atoms. The number of carbonyl (C=O) groups is 2. The number of amides is 2. The molecule has 0 fully saturated rings. The predicted molar refractivity (Wildman–Crippen MR) is 81.3 cm³/mol. The lowest BCUT2D eigenvalue weighted by Crippen LogP contribution is -2.36. The van der Waals surface area contributed by atoms with Crippen LogP contribution in [0.25, 0.3) is 0 Å². The molecule has 2 amide bonds. The average molecular weight is 301 g/mol. The van der Waals surface area contributed by atoms with Crippen LogP contribution in [0.15, 0.2) is 29.6 Å². The van der Waals surface area contributed by atoms with Crippen molar-refractivity contribution in [3.8, 4) is 0 Å². The summed E-state index contributed by atoms with van der Waals surface area (Å²) in [6, 6.07) is 8.18. The summed E-state index contributed by atoms with van der Waals surface area (Å²) in [5.41, 5.74) is 2.89. The molecule has 0 saturated heterocycles. The number of aromatic nitrogens is 1. The summed E-state index contributed by atoms with van der Waals surface area (Å²) in [5, 5.41) is 4.75. The summed E-state index contributed by atoms with van der Waals surface area (Å²) in [6.07, 6.45) is 0.866. The maximum absolute atomic E-state index is 12.5. The molecule has 0 bridgehead atoms. The van der Waals surface area contributed by atoms with Crippen LogP contribution in [0, 0.1) is 0 Å². The quantitative estimate of drug-likeness (QED) is 0.926. The topological polar surface area (TPSA) is 62.3 Å². The summed E-state index contributed by atoms with van der Waals surface area (Å²) < 4.78 is 0. The third-order valence-electron chi connectivity index (χ3n) is 3.42. The molecule has 3 rings (SSSR count). The highest BCUT2D eigenvalue weighted by Gasteiger charge is 2.23. The van der Waals surface area contributed by atoms with Gasteiger partial charge in [-0.2, -0.15) is 0 Å². The van der Waals surface area contributed by atoms with Crippen LogP contribution >= 0.6 is 11.3 Å². The Morgan fingerprint density at radius 2 is 2.05 bits per heavy atom. The number of hydrogen-bond donors (Lipinski definition) is 1. The van der Waals surface area contributed by atoms with E-state index in [4.69, 9.17) is 0 Å². The number of carbonyl (C=O) groups excluding carboxylic acids is 2. The standard InChI is InChI=1S/C15H15N3O2S/c1-10(19)16-15-17-13(9-21-15)14(20)18-7-6-11-4-2-3-5-12(11)8-18/h2-5,9H,6-8H2,1H3,(H,16,17,19). The van der Waals surface area contributed by atoms with Crippen LogP contribution in [0.5, 0.6) is 0 Å². The summed E-state index contributed by atoms with van der Waals surface area (Å²) in [7, 11) is 0. The van der Waals surface area contributed by atoms with Gasteiger partial charge in [-0.25, -0.2) is 4.98 Å². The van der Waals surface area contributed by atoms with Crippen LogP contribution in [-0.4, -0.2) is 28.2 Å². The number of hydrogen-bond acceptors (Lipinski definition) is 4. The molecule has 1 aliphatic rings. The van der Waals surface area contributed by atoms with Crippen LogP contribution in [0.3, 0.4) is 0 Å². The van der Waals surface area contributed by atoms with Crippen LogP contribution in [0.1, 0.15) is 28.5 Å². The Morgan fingerprint density at radius 3 is 2.81 bits per heavy atom. The van der Waals surface area contributed by atoms with Gasteiger partial charge in [0.25, 0.3) is 5.91 Å². The number of nitrogens with one attached hydrogen (secondary N) is 1. The van der Waals surface area contributed by atoms with Crippen molar-refractivity contribution in [1.29, 1.82) is 0 Å². The van der Waals surface area contributed by atoms with E-state index in [-0.39, 0.29) is 11.8 Å². The maximum Gasteiger partial charge on any atom is 0.273 e. The minimum absolute atomic E-state index is 0.0858. The largest absolute Gasteiger partial charge is 0.333 e. The molecule has 0 atom stereocenters. The molecule has 0 radical (unpaired) electrons. The molecular formula is C15H15N3O2S. The lowest BCUT2D eigenvalue weighted by Gasteiger charge is -2.28. The predicted octanol–water partition coefficient (Wildman–Crippen LogP) is 2.30. The molecule has 0 aliphatic carbocycles. The van der Waals surface area contributed by atoms with E-state index in [2.05, 4.69) is 22.4 Å². The van der Waals surface area contributed by atoms with Crippen molar-refractivity contribution in [2.75, 3.05) is 11.9 Å². The number of fused-ring (bicyclic) bond motifs is 1. The Morgan fingerprint density at radius 1 is 1.29 bits per heavy atom. The van der Waals surface area contributed by atoms with E-state index in [0.29, 0.717) is 23.9 Å². The fraction of sp³-hybridized carbons (Fsp3) is 0.267. The van der Waals surface area contributed by atoms with Crippen molar-refractivity contribution in [3.63, 3.8) is 0 Å². The van der Waals surface area contributed by atoms with E-state index in [1.165, 1.54) is 29.4 Å². The van der Waals surface area contributed by atoms with Gasteiger partial charge in [0.1, 0.15) is 5.69 Å². The molecule has 1 aromatic carbocycles. The van der Waals surface area contributed by atoms with Crippen molar-refractivity contribution >= 4 is 28.3 Å². The molecule has 108 valence electrons. The highest BCUT2D eigenvalue weighted by atomic mass is 32.1. The first-order valence-electron chi connectivity index (χ1n) is 6.72. The molecule has 2 heterocycles. The lowest BCUT2D eigenvalue weighted by atomic mass is 10.00. The second kappa shape index (κ2) is 5.65. The van der Waals surface area contributed by atoms with Crippen molar-refractivity contribution < 1.29 is 9.59 Å². The Bertz CT molecular complexity index is 696. The molecule has 1 aromatic heterocycles. The number of rotatable bonds is 2. The fourth-order valence-electron chi connectivity index (χ4n) is 2.41. The number of nitrogens with zero attached hydrogens (tertiary/aromatic N) is 2. The van der Waals surface area contributed by atoms with E-state index in [0.717, 1.165) is 6.42 Å². The van der Waals surface area contributed by atoms with Crippen LogP contribution in [0.2, 0.25) is 0 Å². The van der Waals surface area contributed by atoms with Gasteiger partial charge in [-0.3, -0.25) is 9.59 Å². The third-order valence-corrected chi connectivity index (χ3v) is 4.18. The number of benzene rings is 1. The van der Waals surface area contributed by atoms with E-state index < -0.39 is 0 Å². The Kier molecular flexibility index (Phi) is 3.70. The highest BCUT2D eigenvalue weighted by molar-refractivity contribution is 7.14. The summed E-state index contributed by atoms with van der Waals surface area (Å²) in [5.74, 6) is -0.271. The molecule has 1 aliphatic heterocycles. The smallest absolute Gasteiger partial charge is 0.273 e. The van der Waals surface area contributed by atoms with Gasteiger partial charge < -0.3 is 10.2 Å². The molecular weight excluding hydrogens is 286 g/mol. The average Bonchev–Trinajstić information content (AvgIpc) is 2.93. The summed E-state index contributed by atoms with van der Waals surface area (Å²) >= 11 is 1.27. The van der Waals surface area contributed by atoms with Gasteiger partial charge in [0, 0.05) is 25.4 Å². The monoisotopic (exact) mass is 301 g/mol. The second-order valence-electron chi connectivity index (χ2n) is 4.96. The maximum atomic E-state index is 12.5. The second-order valence-corrected chi connectivity index (χ2v) is 5.82. The zero-order valence-electron chi connectivity index (χ0n) is 11.6. The van der Waals surface area contributed by atoms with Gasteiger partial charge >= 0.3 is 0 Å². The minimum Gasteiger partial charge on any atom is -0.333 e. The Labute approximate surface area is 126 Å². The zero-order chi connectivity index (χ0) is 14.8. The van der Waals surface area contributed by atoms with Gasteiger partial charge in [-0.1, -0.05) is 24.3 Å². The molecule has 6 heteroatoms. The number of thiazole rings is 1. The van der Waals surface area contributed by atoms with Crippen LogP contribution < -0.4 is 5.32 Å². The van der Waals surface area contributed by atoms with E-state index in [1.54, 1.807) is 10.3 Å². The molecule has 2 aromatic rings. The first kappa shape index (κ1) is 13.8. The van der Waals surface area contributed by atoms with E-state index >= 15 is 0 Å². The zero-order valence-corrected chi connectivity index (χ0v) is 12.4. The Balaban J connectivity index is 1.74.